The van der Waals surface area contributed by atoms with Gasteiger partial charge in [-0.15, -0.1) is 12.4 Å². The maximum Gasteiger partial charge on any atom is 0.224 e. The molecule has 0 aliphatic heterocycles. The average Bonchev–Trinajstić information content (AvgIpc) is 2.59. The summed E-state index contributed by atoms with van der Waals surface area (Å²) in [6.45, 7) is 1.99. The number of benzene rings is 2. The van der Waals surface area contributed by atoms with E-state index in [9.17, 15) is 4.79 Å². The third-order valence-corrected chi connectivity index (χ3v) is 5.13. The van der Waals surface area contributed by atoms with Gasteiger partial charge >= 0.3 is 0 Å². The van der Waals surface area contributed by atoms with E-state index in [4.69, 9.17) is 5.73 Å². The maximum atomic E-state index is 12.3. The number of rotatable bonds is 4. The highest BCUT2D eigenvalue weighted by Gasteiger charge is 2.24. The largest absolute Gasteiger partial charge is 0.399 e. The molecule has 0 aromatic heterocycles. The van der Waals surface area contributed by atoms with Crippen LogP contribution < -0.4 is 11.1 Å². The van der Waals surface area contributed by atoms with E-state index in [0.29, 0.717) is 23.9 Å². The minimum absolute atomic E-state index is 0. The van der Waals surface area contributed by atoms with Crippen LogP contribution in [0.2, 0.25) is 0 Å². The third kappa shape index (κ3) is 5.23. The van der Waals surface area contributed by atoms with Gasteiger partial charge in [-0.3, -0.25) is 4.79 Å². The van der Waals surface area contributed by atoms with Gasteiger partial charge in [0.05, 0.1) is 0 Å². The fraction of sp³-hybridized carbons (Fsp3) is 0.381. The molecule has 1 saturated carbocycles. The number of aryl methyl sites for hydroxylation is 1. The molecule has 2 aromatic rings. The molecule has 0 radical (unpaired) electrons. The van der Waals surface area contributed by atoms with E-state index in [0.717, 1.165) is 24.1 Å². The SMILES string of the molecule is Cc1ccc(N)cc1NC(=O)CC1CCC(c2ccccc2)CC1.Cl. The molecule has 0 unspecified atom stereocenters. The number of nitrogens with one attached hydrogen (secondary N) is 1. The Morgan fingerprint density at radius 2 is 1.76 bits per heavy atom. The smallest absolute Gasteiger partial charge is 0.224 e. The Balaban J connectivity index is 0.00000225. The topological polar surface area (TPSA) is 55.1 Å². The van der Waals surface area contributed by atoms with E-state index in [-0.39, 0.29) is 18.3 Å². The van der Waals surface area contributed by atoms with Crippen molar-refractivity contribution in [1.29, 1.82) is 0 Å². The normalized spacial score (nSPS) is 19.7. The zero-order valence-corrected chi connectivity index (χ0v) is 15.5. The highest BCUT2D eigenvalue weighted by Crippen LogP contribution is 2.37. The fourth-order valence-electron chi connectivity index (χ4n) is 3.66. The molecule has 0 bridgehead atoms. The van der Waals surface area contributed by atoms with Crippen LogP contribution in [0.25, 0.3) is 0 Å². The maximum absolute atomic E-state index is 12.3. The van der Waals surface area contributed by atoms with Gasteiger partial charge in [0, 0.05) is 17.8 Å². The average molecular weight is 359 g/mol. The van der Waals surface area contributed by atoms with Crippen molar-refractivity contribution in [3.8, 4) is 0 Å². The van der Waals surface area contributed by atoms with Crippen LogP contribution in [-0.4, -0.2) is 5.91 Å². The van der Waals surface area contributed by atoms with Gasteiger partial charge in [0.2, 0.25) is 5.91 Å². The third-order valence-electron chi connectivity index (χ3n) is 5.13. The van der Waals surface area contributed by atoms with Crippen LogP contribution in [0.5, 0.6) is 0 Å². The quantitative estimate of drug-likeness (QED) is 0.728. The first-order valence-electron chi connectivity index (χ1n) is 8.82. The lowest BCUT2D eigenvalue weighted by atomic mass is 9.77. The van der Waals surface area contributed by atoms with Gasteiger partial charge in [-0.1, -0.05) is 36.4 Å². The Labute approximate surface area is 156 Å². The van der Waals surface area contributed by atoms with Crippen LogP contribution in [-0.2, 0) is 4.79 Å². The molecule has 3 nitrogen and oxygen atoms in total. The van der Waals surface area contributed by atoms with Gasteiger partial charge in [0.1, 0.15) is 0 Å². The number of halogens is 1. The zero-order chi connectivity index (χ0) is 16.9. The number of anilines is 2. The number of nitrogens with two attached hydrogens (primary N) is 1. The minimum atomic E-state index is 0. The van der Waals surface area contributed by atoms with Crippen LogP contribution in [0, 0.1) is 12.8 Å². The van der Waals surface area contributed by atoms with Gasteiger partial charge in [0.25, 0.3) is 0 Å². The Morgan fingerprint density at radius 1 is 1.08 bits per heavy atom. The summed E-state index contributed by atoms with van der Waals surface area (Å²) in [6.07, 6.45) is 5.22. The lowest BCUT2D eigenvalue weighted by Crippen LogP contribution is -2.21. The number of nitrogen functional groups attached to an aromatic ring is 1. The molecule has 0 saturated heterocycles. The van der Waals surface area contributed by atoms with Gasteiger partial charge in [-0.05, 0) is 67.7 Å². The fourth-order valence-corrected chi connectivity index (χ4v) is 3.66. The van der Waals surface area contributed by atoms with E-state index in [1.165, 1.54) is 18.4 Å². The van der Waals surface area contributed by atoms with Crippen molar-refractivity contribution < 1.29 is 4.79 Å². The van der Waals surface area contributed by atoms with Gasteiger partial charge < -0.3 is 11.1 Å². The second-order valence-electron chi connectivity index (χ2n) is 6.95. The second-order valence-corrected chi connectivity index (χ2v) is 6.95. The molecule has 134 valence electrons. The van der Waals surface area contributed by atoms with E-state index in [2.05, 4.69) is 35.6 Å². The summed E-state index contributed by atoms with van der Waals surface area (Å²) in [7, 11) is 0. The van der Waals surface area contributed by atoms with Crippen LogP contribution in [0.15, 0.2) is 48.5 Å². The Bertz CT molecular complexity index is 694. The molecule has 1 aliphatic carbocycles. The van der Waals surface area contributed by atoms with Crippen molar-refractivity contribution in [3.63, 3.8) is 0 Å². The van der Waals surface area contributed by atoms with Crippen LogP contribution in [0.4, 0.5) is 11.4 Å². The molecular weight excluding hydrogens is 332 g/mol. The predicted molar refractivity (Wildman–Crippen MR) is 107 cm³/mol. The lowest BCUT2D eigenvalue weighted by Gasteiger charge is -2.28. The Kier molecular flexibility index (Phi) is 6.89. The van der Waals surface area contributed by atoms with Gasteiger partial charge in [-0.25, -0.2) is 0 Å². The summed E-state index contributed by atoms with van der Waals surface area (Å²) in [5, 5.41) is 3.02. The van der Waals surface area contributed by atoms with Crippen LogP contribution in [0.3, 0.4) is 0 Å². The molecule has 0 heterocycles. The van der Waals surface area contributed by atoms with Crippen molar-refractivity contribution in [2.45, 2.75) is 44.9 Å². The number of carbonyl (C=O) groups excluding carboxylic acids is 1. The predicted octanol–water partition coefficient (Wildman–Crippen LogP) is 5.30. The lowest BCUT2D eigenvalue weighted by molar-refractivity contribution is -0.117. The zero-order valence-electron chi connectivity index (χ0n) is 14.7. The second kappa shape index (κ2) is 8.91. The summed E-state index contributed by atoms with van der Waals surface area (Å²) in [5.74, 6) is 1.25. The molecule has 25 heavy (non-hydrogen) atoms. The molecule has 1 fully saturated rings. The van der Waals surface area contributed by atoms with Gasteiger partial charge in [0.15, 0.2) is 0 Å². The minimum Gasteiger partial charge on any atom is -0.399 e. The Morgan fingerprint density at radius 3 is 2.44 bits per heavy atom. The number of hydrogen-bond acceptors (Lipinski definition) is 2. The van der Waals surface area contributed by atoms with Crippen molar-refractivity contribution in [2.75, 3.05) is 11.1 Å². The highest BCUT2D eigenvalue weighted by molar-refractivity contribution is 5.92. The highest BCUT2D eigenvalue weighted by atomic mass is 35.5. The summed E-state index contributed by atoms with van der Waals surface area (Å²) in [4.78, 5) is 12.3. The first-order valence-corrected chi connectivity index (χ1v) is 8.82. The molecule has 1 amide bonds. The van der Waals surface area contributed by atoms with Crippen LogP contribution >= 0.6 is 12.4 Å². The summed E-state index contributed by atoms with van der Waals surface area (Å²) >= 11 is 0. The van der Waals surface area contributed by atoms with E-state index >= 15 is 0 Å². The van der Waals surface area contributed by atoms with E-state index < -0.39 is 0 Å². The standard InChI is InChI=1S/C21H26N2O.ClH/c1-15-7-12-19(22)14-20(15)23-21(24)13-16-8-10-18(11-9-16)17-5-3-2-4-6-17;/h2-7,12,14,16,18H,8-11,13,22H2,1H3,(H,23,24);1H. The summed E-state index contributed by atoms with van der Waals surface area (Å²) in [6, 6.07) is 16.4. The van der Waals surface area contributed by atoms with Crippen molar-refractivity contribution in [1.82, 2.24) is 0 Å². The van der Waals surface area contributed by atoms with Gasteiger partial charge in [-0.2, -0.15) is 0 Å². The molecule has 3 rings (SSSR count). The monoisotopic (exact) mass is 358 g/mol. The van der Waals surface area contributed by atoms with E-state index in [1.807, 2.05) is 25.1 Å². The number of amides is 1. The summed E-state index contributed by atoms with van der Waals surface area (Å²) < 4.78 is 0. The molecule has 0 atom stereocenters. The summed E-state index contributed by atoms with van der Waals surface area (Å²) in [5.41, 5.74) is 9.81. The Hall–Kier alpha value is -2.00. The van der Waals surface area contributed by atoms with Crippen LogP contribution in [0.1, 0.15) is 49.1 Å². The first kappa shape index (κ1) is 19.3. The molecule has 2 aromatic carbocycles. The van der Waals surface area contributed by atoms with Crippen molar-refractivity contribution >= 4 is 29.7 Å². The number of hydrogen-bond donors (Lipinski definition) is 2. The van der Waals surface area contributed by atoms with E-state index in [1.54, 1.807) is 0 Å². The molecule has 1 aliphatic rings. The molecule has 3 N–H and O–H groups in total. The van der Waals surface area contributed by atoms with Crippen molar-refractivity contribution in [3.05, 3.63) is 59.7 Å². The molecule has 0 spiro atoms. The molecular formula is C21H27ClN2O. The first-order chi connectivity index (χ1) is 11.6. The van der Waals surface area contributed by atoms with Crippen molar-refractivity contribution in [2.24, 2.45) is 5.92 Å². The number of carbonyl (C=O) groups is 1. The molecule has 4 heteroatoms.